The number of carbonyl (C=O) groups is 2. The number of hydrogen-bond donors (Lipinski definition) is 1. The van der Waals surface area contributed by atoms with Crippen LogP contribution in [-0.4, -0.2) is 23.1 Å². The van der Waals surface area contributed by atoms with E-state index in [0.29, 0.717) is 16.3 Å². The number of esters is 1. The topological polar surface area (TPSA) is 77.4 Å². The third-order valence-corrected chi connectivity index (χ3v) is 5.21. The number of anilines is 1. The first-order valence-electron chi connectivity index (χ1n) is 8.82. The lowest BCUT2D eigenvalue weighted by atomic mass is 10.1. The van der Waals surface area contributed by atoms with Gasteiger partial charge >= 0.3 is 5.97 Å². The molecule has 0 unspecified atom stereocenters. The molecular formula is C21H20N2O4S. The maximum atomic E-state index is 12.5. The average molecular weight is 396 g/mol. The Kier molecular flexibility index (Phi) is 6.06. The number of nitrogens with one attached hydrogen (secondary N) is 1. The first-order chi connectivity index (χ1) is 13.5. The zero-order valence-electron chi connectivity index (χ0n) is 15.6. The lowest BCUT2D eigenvalue weighted by molar-refractivity contribution is -0.116. The van der Waals surface area contributed by atoms with Gasteiger partial charge in [-0.1, -0.05) is 36.4 Å². The Bertz CT molecular complexity index is 1050. The van der Waals surface area contributed by atoms with Gasteiger partial charge in [-0.25, -0.2) is 4.79 Å². The first kappa shape index (κ1) is 19.6. The van der Waals surface area contributed by atoms with Crippen LogP contribution in [0, 0.1) is 6.92 Å². The summed E-state index contributed by atoms with van der Waals surface area (Å²) in [5.74, 6) is -0.882. The number of benzene rings is 1. The summed E-state index contributed by atoms with van der Waals surface area (Å²) < 4.78 is 6.50. The average Bonchev–Trinajstić information content (AvgIpc) is 3.09. The zero-order valence-corrected chi connectivity index (χ0v) is 16.4. The molecule has 28 heavy (non-hydrogen) atoms. The van der Waals surface area contributed by atoms with Crippen molar-refractivity contribution in [2.75, 3.05) is 11.9 Å². The number of thiophene rings is 1. The number of ether oxygens (including phenoxy) is 1. The van der Waals surface area contributed by atoms with Gasteiger partial charge in [0.25, 0.3) is 5.56 Å². The van der Waals surface area contributed by atoms with Crippen molar-refractivity contribution in [3.05, 3.63) is 76.2 Å². The first-order valence-corrected chi connectivity index (χ1v) is 9.64. The van der Waals surface area contributed by atoms with Crippen LogP contribution in [0.3, 0.4) is 0 Å². The third-order valence-electron chi connectivity index (χ3n) is 4.11. The number of aryl methyl sites for hydroxylation is 1. The van der Waals surface area contributed by atoms with Crippen LogP contribution in [0.1, 0.15) is 23.0 Å². The second kappa shape index (κ2) is 8.67. The summed E-state index contributed by atoms with van der Waals surface area (Å²) >= 11 is 1.29. The summed E-state index contributed by atoms with van der Waals surface area (Å²) in [6, 6.07) is 16.1. The van der Waals surface area contributed by atoms with E-state index in [1.54, 1.807) is 32.0 Å². The second-order valence-electron chi connectivity index (χ2n) is 6.08. The summed E-state index contributed by atoms with van der Waals surface area (Å²) in [7, 11) is 0. The summed E-state index contributed by atoms with van der Waals surface area (Å²) in [4.78, 5) is 37.7. The van der Waals surface area contributed by atoms with Gasteiger partial charge in [0.2, 0.25) is 5.91 Å². The van der Waals surface area contributed by atoms with Crippen LogP contribution < -0.4 is 10.9 Å². The smallest absolute Gasteiger partial charge is 0.341 e. The van der Waals surface area contributed by atoms with Gasteiger partial charge in [0.05, 0.1) is 12.2 Å². The molecule has 0 aliphatic heterocycles. The van der Waals surface area contributed by atoms with E-state index in [4.69, 9.17) is 4.74 Å². The molecule has 6 nitrogen and oxygen atoms in total. The molecule has 144 valence electrons. The van der Waals surface area contributed by atoms with Crippen molar-refractivity contribution in [3.8, 4) is 10.4 Å². The molecule has 1 aromatic carbocycles. The van der Waals surface area contributed by atoms with Gasteiger partial charge in [-0.3, -0.25) is 9.59 Å². The largest absolute Gasteiger partial charge is 0.462 e. The molecular weight excluding hydrogens is 376 g/mol. The maximum Gasteiger partial charge on any atom is 0.341 e. The molecule has 2 aromatic heterocycles. The summed E-state index contributed by atoms with van der Waals surface area (Å²) in [6.45, 7) is 3.59. The van der Waals surface area contributed by atoms with E-state index in [9.17, 15) is 14.4 Å². The van der Waals surface area contributed by atoms with Crippen LogP contribution in [0.2, 0.25) is 0 Å². The van der Waals surface area contributed by atoms with Crippen molar-refractivity contribution >= 4 is 28.2 Å². The van der Waals surface area contributed by atoms with Gasteiger partial charge in [-0.2, -0.15) is 0 Å². The van der Waals surface area contributed by atoms with Gasteiger partial charge < -0.3 is 14.6 Å². The van der Waals surface area contributed by atoms with E-state index in [0.717, 1.165) is 10.4 Å². The Balaban J connectivity index is 1.89. The van der Waals surface area contributed by atoms with Crippen LogP contribution in [0.5, 0.6) is 0 Å². The Labute approximate surface area is 166 Å². The van der Waals surface area contributed by atoms with E-state index in [2.05, 4.69) is 5.32 Å². The van der Waals surface area contributed by atoms with Gasteiger partial charge in [0.15, 0.2) is 0 Å². The zero-order chi connectivity index (χ0) is 20.1. The summed E-state index contributed by atoms with van der Waals surface area (Å²) in [5.41, 5.74) is 1.67. The summed E-state index contributed by atoms with van der Waals surface area (Å²) in [5, 5.41) is 3.17. The number of nitrogens with zero attached hydrogens (tertiary/aromatic N) is 1. The molecule has 0 bridgehead atoms. The van der Waals surface area contributed by atoms with E-state index in [1.165, 1.54) is 22.0 Å². The monoisotopic (exact) mass is 396 g/mol. The molecule has 1 N–H and O–H groups in total. The maximum absolute atomic E-state index is 12.5. The minimum absolute atomic E-state index is 0.133. The molecule has 3 aromatic rings. The van der Waals surface area contributed by atoms with Crippen LogP contribution in [0.15, 0.2) is 59.4 Å². The molecule has 0 saturated heterocycles. The fourth-order valence-corrected chi connectivity index (χ4v) is 3.79. The number of carbonyl (C=O) groups excluding carboxylic acids is 2. The predicted molar refractivity (Wildman–Crippen MR) is 110 cm³/mol. The molecule has 0 fully saturated rings. The SMILES string of the molecule is CCOC(=O)c1cc(-c2ccccc2)sc1NC(=O)Cn1c(C)cccc1=O. The molecule has 1 amide bonds. The van der Waals surface area contributed by atoms with Crippen molar-refractivity contribution in [3.63, 3.8) is 0 Å². The number of rotatable bonds is 6. The molecule has 7 heteroatoms. The second-order valence-corrected chi connectivity index (χ2v) is 7.13. The third kappa shape index (κ3) is 4.37. The van der Waals surface area contributed by atoms with Gasteiger partial charge in [-0.05, 0) is 31.5 Å². The van der Waals surface area contributed by atoms with Gasteiger partial charge in [-0.15, -0.1) is 11.3 Å². The molecule has 3 rings (SSSR count). The molecule has 0 atom stereocenters. The van der Waals surface area contributed by atoms with Crippen LogP contribution in [0.4, 0.5) is 5.00 Å². The molecule has 0 radical (unpaired) electrons. The van der Waals surface area contributed by atoms with Crippen molar-refractivity contribution < 1.29 is 14.3 Å². The quantitative estimate of drug-likeness (QED) is 0.645. The highest BCUT2D eigenvalue weighted by molar-refractivity contribution is 7.20. The number of aromatic nitrogens is 1. The number of pyridine rings is 1. The number of hydrogen-bond acceptors (Lipinski definition) is 5. The highest BCUT2D eigenvalue weighted by atomic mass is 32.1. The fourth-order valence-electron chi connectivity index (χ4n) is 2.72. The van der Waals surface area contributed by atoms with Crippen LogP contribution >= 0.6 is 11.3 Å². The van der Waals surface area contributed by atoms with Gasteiger partial charge in [0, 0.05) is 16.6 Å². The van der Waals surface area contributed by atoms with E-state index in [-0.39, 0.29) is 24.6 Å². The highest BCUT2D eigenvalue weighted by Crippen LogP contribution is 2.35. The standard InChI is InChI=1S/C21H20N2O4S/c1-3-27-21(26)16-12-17(15-9-5-4-6-10-15)28-20(16)22-18(24)13-23-14(2)8-7-11-19(23)25/h4-12H,3,13H2,1-2H3,(H,22,24). The van der Waals surface area contributed by atoms with Crippen molar-refractivity contribution in [2.45, 2.75) is 20.4 Å². The van der Waals surface area contributed by atoms with E-state index < -0.39 is 5.97 Å². The Morgan fingerprint density at radius 3 is 2.54 bits per heavy atom. The minimum Gasteiger partial charge on any atom is -0.462 e. The molecule has 0 saturated carbocycles. The van der Waals surface area contributed by atoms with Gasteiger partial charge in [0.1, 0.15) is 11.5 Å². The Morgan fingerprint density at radius 1 is 1.11 bits per heavy atom. The highest BCUT2D eigenvalue weighted by Gasteiger charge is 2.20. The van der Waals surface area contributed by atoms with E-state index in [1.807, 2.05) is 30.3 Å². The lowest BCUT2D eigenvalue weighted by Crippen LogP contribution is -2.28. The van der Waals surface area contributed by atoms with Crippen molar-refractivity contribution in [1.82, 2.24) is 4.57 Å². The minimum atomic E-state index is -0.496. The summed E-state index contributed by atoms with van der Waals surface area (Å²) in [6.07, 6.45) is 0. The normalized spacial score (nSPS) is 10.5. The predicted octanol–water partition coefficient (Wildman–Crippen LogP) is 3.70. The molecule has 2 heterocycles. The van der Waals surface area contributed by atoms with Crippen LogP contribution in [-0.2, 0) is 16.1 Å². The fraction of sp³-hybridized carbons (Fsp3) is 0.190. The van der Waals surface area contributed by atoms with Crippen LogP contribution in [0.25, 0.3) is 10.4 Å². The molecule has 0 spiro atoms. The molecule has 0 aliphatic carbocycles. The lowest BCUT2D eigenvalue weighted by Gasteiger charge is -2.10. The van der Waals surface area contributed by atoms with E-state index >= 15 is 0 Å². The number of amides is 1. The Hall–Kier alpha value is -3.19. The molecule has 0 aliphatic rings. The Morgan fingerprint density at radius 2 is 1.86 bits per heavy atom. The van der Waals surface area contributed by atoms with Crippen molar-refractivity contribution in [2.24, 2.45) is 0 Å². The van der Waals surface area contributed by atoms with Crippen molar-refractivity contribution in [1.29, 1.82) is 0 Å².